The Morgan fingerprint density at radius 1 is 1.21 bits per heavy atom. The van der Waals surface area contributed by atoms with Crippen LogP contribution in [0.25, 0.3) is 10.2 Å². The lowest BCUT2D eigenvalue weighted by Gasteiger charge is -2.03. The standard InChI is InChI=1S/C19H20N2O2S/c1-11(2)10-13-6-9-15-16(20)18(24-19(15)21-13)17(22)12-4-7-14(23-3)8-5-12/h4-9,11H,10,20H2,1-3H3. The molecule has 24 heavy (non-hydrogen) atoms. The first-order chi connectivity index (χ1) is 11.5. The van der Waals surface area contributed by atoms with Crippen molar-refractivity contribution in [3.05, 3.63) is 52.5 Å². The minimum Gasteiger partial charge on any atom is -0.497 e. The molecule has 0 spiro atoms. The first kappa shape index (κ1) is 16.5. The SMILES string of the molecule is COc1ccc(C(=O)c2sc3nc(CC(C)C)ccc3c2N)cc1. The number of nitrogen functional groups attached to an aromatic ring is 1. The van der Waals surface area contributed by atoms with Gasteiger partial charge in [0, 0.05) is 16.6 Å². The van der Waals surface area contributed by atoms with E-state index >= 15 is 0 Å². The third-order valence-electron chi connectivity index (χ3n) is 3.83. The highest BCUT2D eigenvalue weighted by Gasteiger charge is 2.19. The number of nitrogens with two attached hydrogens (primary N) is 1. The van der Waals surface area contributed by atoms with Crippen LogP contribution in [0.2, 0.25) is 0 Å². The summed E-state index contributed by atoms with van der Waals surface area (Å²) in [5, 5.41) is 0.851. The van der Waals surface area contributed by atoms with Crippen LogP contribution in [0, 0.1) is 5.92 Å². The number of fused-ring (bicyclic) bond motifs is 1. The smallest absolute Gasteiger partial charge is 0.205 e. The number of nitrogens with zero attached hydrogens (tertiary/aromatic N) is 1. The van der Waals surface area contributed by atoms with Gasteiger partial charge in [0.05, 0.1) is 12.8 Å². The highest BCUT2D eigenvalue weighted by atomic mass is 32.1. The van der Waals surface area contributed by atoms with Crippen molar-refractivity contribution in [3.63, 3.8) is 0 Å². The summed E-state index contributed by atoms with van der Waals surface area (Å²) in [6.45, 7) is 4.32. The minimum atomic E-state index is -0.0800. The molecular formula is C19H20N2O2S. The van der Waals surface area contributed by atoms with Crippen LogP contribution < -0.4 is 10.5 Å². The van der Waals surface area contributed by atoms with Crippen molar-refractivity contribution in [2.45, 2.75) is 20.3 Å². The lowest BCUT2D eigenvalue weighted by atomic mass is 10.1. The third kappa shape index (κ3) is 3.12. The van der Waals surface area contributed by atoms with Gasteiger partial charge in [-0.25, -0.2) is 4.98 Å². The Kier molecular flexibility index (Phi) is 4.53. The Morgan fingerprint density at radius 3 is 2.54 bits per heavy atom. The Balaban J connectivity index is 1.98. The van der Waals surface area contributed by atoms with E-state index in [0.717, 1.165) is 28.1 Å². The van der Waals surface area contributed by atoms with Gasteiger partial charge in [-0.1, -0.05) is 13.8 Å². The molecule has 5 heteroatoms. The summed E-state index contributed by atoms with van der Waals surface area (Å²) in [5.74, 6) is 1.17. The molecule has 0 unspecified atom stereocenters. The van der Waals surface area contributed by atoms with Crippen molar-refractivity contribution >= 4 is 33.0 Å². The molecule has 4 nitrogen and oxygen atoms in total. The van der Waals surface area contributed by atoms with E-state index in [1.165, 1.54) is 11.3 Å². The van der Waals surface area contributed by atoms with E-state index in [-0.39, 0.29) is 5.78 Å². The Morgan fingerprint density at radius 2 is 1.92 bits per heavy atom. The van der Waals surface area contributed by atoms with Crippen molar-refractivity contribution in [2.24, 2.45) is 5.92 Å². The first-order valence-corrected chi connectivity index (χ1v) is 8.68. The summed E-state index contributed by atoms with van der Waals surface area (Å²) in [6, 6.07) is 11.0. The van der Waals surface area contributed by atoms with Gasteiger partial charge < -0.3 is 10.5 Å². The summed E-state index contributed by atoms with van der Waals surface area (Å²) < 4.78 is 5.13. The second-order valence-corrected chi connectivity index (χ2v) is 7.15. The maximum atomic E-state index is 12.8. The average Bonchev–Trinajstić information content (AvgIpc) is 2.90. The molecule has 0 bridgehead atoms. The summed E-state index contributed by atoms with van der Waals surface area (Å²) in [4.78, 5) is 18.8. The van der Waals surface area contributed by atoms with Gasteiger partial charge in [0.1, 0.15) is 15.5 Å². The number of hydrogen-bond acceptors (Lipinski definition) is 5. The molecule has 2 aromatic heterocycles. The van der Waals surface area contributed by atoms with Crippen molar-refractivity contribution in [1.82, 2.24) is 4.98 Å². The Hall–Kier alpha value is -2.40. The first-order valence-electron chi connectivity index (χ1n) is 7.86. The van der Waals surface area contributed by atoms with Gasteiger partial charge in [0.2, 0.25) is 5.78 Å². The molecule has 2 N–H and O–H groups in total. The van der Waals surface area contributed by atoms with E-state index < -0.39 is 0 Å². The number of anilines is 1. The van der Waals surface area contributed by atoms with Crippen molar-refractivity contribution in [3.8, 4) is 5.75 Å². The van der Waals surface area contributed by atoms with E-state index in [4.69, 9.17) is 10.5 Å². The predicted octanol–water partition coefficient (Wildman–Crippen LogP) is 4.32. The van der Waals surface area contributed by atoms with Gasteiger partial charge >= 0.3 is 0 Å². The molecule has 0 saturated heterocycles. The molecule has 0 atom stereocenters. The van der Waals surface area contributed by atoms with Gasteiger partial charge in [0.25, 0.3) is 0 Å². The number of methoxy groups -OCH3 is 1. The van der Waals surface area contributed by atoms with E-state index in [1.807, 2.05) is 12.1 Å². The number of thiophene rings is 1. The average molecular weight is 340 g/mol. The van der Waals surface area contributed by atoms with Crippen LogP contribution in [-0.4, -0.2) is 17.9 Å². The van der Waals surface area contributed by atoms with Crippen LogP contribution in [0.1, 0.15) is 34.8 Å². The van der Waals surface area contributed by atoms with E-state index in [0.29, 0.717) is 22.0 Å². The van der Waals surface area contributed by atoms with E-state index in [1.54, 1.807) is 31.4 Å². The number of ketones is 1. The highest BCUT2D eigenvalue weighted by Crippen LogP contribution is 2.34. The van der Waals surface area contributed by atoms with Crippen LogP contribution in [0.3, 0.4) is 0 Å². The molecule has 0 amide bonds. The number of aromatic nitrogens is 1. The zero-order valence-electron chi connectivity index (χ0n) is 14.0. The van der Waals surface area contributed by atoms with Crippen LogP contribution >= 0.6 is 11.3 Å². The van der Waals surface area contributed by atoms with Gasteiger partial charge in [0.15, 0.2) is 0 Å². The molecule has 0 radical (unpaired) electrons. The van der Waals surface area contributed by atoms with Gasteiger partial charge in [-0.3, -0.25) is 4.79 Å². The second kappa shape index (κ2) is 6.61. The maximum absolute atomic E-state index is 12.8. The fourth-order valence-corrected chi connectivity index (χ4v) is 3.68. The van der Waals surface area contributed by atoms with Gasteiger partial charge in [-0.05, 0) is 48.7 Å². The van der Waals surface area contributed by atoms with E-state index in [9.17, 15) is 4.79 Å². The summed E-state index contributed by atoms with van der Waals surface area (Å²) in [6.07, 6.45) is 0.912. The largest absolute Gasteiger partial charge is 0.497 e. The molecule has 3 aromatic rings. The summed E-state index contributed by atoms with van der Waals surface area (Å²) >= 11 is 1.36. The lowest BCUT2D eigenvalue weighted by Crippen LogP contribution is -2.02. The highest BCUT2D eigenvalue weighted by molar-refractivity contribution is 7.21. The zero-order chi connectivity index (χ0) is 17.3. The molecule has 2 heterocycles. The molecule has 0 aliphatic carbocycles. The van der Waals surface area contributed by atoms with Crippen LogP contribution in [0.4, 0.5) is 5.69 Å². The minimum absolute atomic E-state index is 0.0800. The van der Waals surface area contributed by atoms with Crippen molar-refractivity contribution in [2.75, 3.05) is 12.8 Å². The third-order valence-corrected chi connectivity index (χ3v) is 4.94. The zero-order valence-corrected chi connectivity index (χ0v) is 14.8. The number of benzene rings is 1. The fourth-order valence-electron chi connectivity index (χ4n) is 2.61. The van der Waals surface area contributed by atoms with Crippen molar-refractivity contribution < 1.29 is 9.53 Å². The Bertz CT molecular complexity index is 882. The molecule has 0 aliphatic heterocycles. The molecular weight excluding hydrogens is 320 g/mol. The summed E-state index contributed by atoms with van der Waals surface area (Å²) in [5.41, 5.74) is 8.35. The number of carbonyl (C=O) groups is 1. The normalized spacial score (nSPS) is 11.2. The van der Waals surface area contributed by atoms with E-state index in [2.05, 4.69) is 18.8 Å². The van der Waals surface area contributed by atoms with Crippen molar-refractivity contribution in [1.29, 1.82) is 0 Å². The molecule has 124 valence electrons. The summed E-state index contributed by atoms with van der Waals surface area (Å²) in [7, 11) is 1.60. The fraction of sp³-hybridized carbons (Fsp3) is 0.263. The van der Waals surface area contributed by atoms with Crippen LogP contribution in [-0.2, 0) is 6.42 Å². The number of rotatable bonds is 5. The Labute approximate surface area is 145 Å². The number of pyridine rings is 1. The number of hydrogen-bond donors (Lipinski definition) is 1. The molecule has 1 aromatic carbocycles. The topological polar surface area (TPSA) is 65.2 Å². The van der Waals surface area contributed by atoms with Crippen LogP contribution in [0.5, 0.6) is 5.75 Å². The molecule has 0 aliphatic rings. The molecule has 0 saturated carbocycles. The van der Waals surface area contributed by atoms with Gasteiger partial charge in [-0.15, -0.1) is 11.3 Å². The number of ether oxygens (including phenoxy) is 1. The molecule has 3 rings (SSSR count). The molecule has 0 fully saturated rings. The van der Waals surface area contributed by atoms with Crippen LogP contribution in [0.15, 0.2) is 36.4 Å². The predicted molar refractivity (Wildman–Crippen MR) is 99.0 cm³/mol. The van der Waals surface area contributed by atoms with Gasteiger partial charge in [-0.2, -0.15) is 0 Å². The maximum Gasteiger partial charge on any atom is 0.205 e. The second-order valence-electron chi connectivity index (χ2n) is 6.16. The monoisotopic (exact) mass is 340 g/mol. The lowest BCUT2D eigenvalue weighted by molar-refractivity contribution is 0.104. The quantitative estimate of drug-likeness (QED) is 0.703. The number of carbonyl (C=O) groups excluding carboxylic acids is 1.